The number of halogens is 1. The topological polar surface area (TPSA) is 103 Å². The molecule has 4 amide bonds. The van der Waals surface area contributed by atoms with Crippen molar-refractivity contribution in [1.29, 1.82) is 0 Å². The van der Waals surface area contributed by atoms with E-state index in [0.29, 0.717) is 36.0 Å². The van der Waals surface area contributed by atoms with Crippen molar-refractivity contribution in [1.82, 2.24) is 5.32 Å². The lowest BCUT2D eigenvalue weighted by molar-refractivity contribution is -0.122. The summed E-state index contributed by atoms with van der Waals surface area (Å²) >= 11 is 6.38. The standard InChI is InChI=1S/C25H27ClN2O7/c1-6-33-16-8-9-20(34-7-2)19(13-16)28-24(30)17(23(29)27-25(28)31)10-15-11-18(26)22(35-14(3)4)21(12-15)32-5/h8-14H,6-7H2,1-5H3,(H,27,29,31)/b17-10+. The molecule has 35 heavy (non-hydrogen) atoms. The average Bonchev–Trinajstić information content (AvgIpc) is 2.79. The molecule has 0 bridgehead atoms. The van der Waals surface area contributed by atoms with Crippen LogP contribution in [0.4, 0.5) is 10.5 Å². The van der Waals surface area contributed by atoms with Crippen molar-refractivity contribution < 1.29 is 33.3 Å². The Balaban J connectivity index is 2.07. The number of hydrogen-bond donors (Lipinski definition) is 1. The van der Waals surface area contributed by atoms with Gasteiger partial charge in [-0.15, -0.1) is 0 Å². The highest BCUT2D eigenvalue weighted by Gasteiger charge is 2.38. The second-order valence-electron chi connectivity index (χ2n) is 7.65. The highest BCUT2D eigenvalue weighted by Crippen LogP contribution is 2.39. The van der Waals surface area contributed by atoms with Gasteiger partial charge < -0.3 is 18.9 Å². The zero-order chi connectivity index (χ0) is 25.7. The number of carbonyl (C=O) groups excluding carboxylic acids is 3. The Hall–Kier alpha value is -3.72. The summed E-state index contributed by atoms with van der Waals surface area (Å²) in [6.07, 6.45) is 1.18. The summed E-state index contributed by atoms with van der Waals surface area (Å²) in [4.78, 5) is 39.6. The summed E-state index contributed by atoms with van der Waals surface area (Å²) in [6.45, 7) is 7.96. The largest absolute Gasteiger partial charge is 0.494 e. The van der Waals surface area contributed by atoms with Crippen LogP contribution in [-0.2, 0) is 9.59 Å². The summed E-state index contributed by atoms with van der Waals surface area (Å²) in [6, 6.07) is 7.00. The minimum Gasteiger partial charge on any atom is -0.494 e. The van der Waals surface area contributed by atoms with Gasteiger partial charge in [0, 0.05) is 6.07 Å². The van der Waals surface area contributed by atoms with Crippen molar-refractivity contribution in [3.05, 3.63) is 46.5 Å². The Labute approximate surface area is 208 Å². The molecule has 1 fully saturated rings. The van der Waals surface area contributed by atoms with E-state index in [-0.39, 0.29) is 28.1 Å². The van der Waals surface area contributed by atoms with Gasteiger partial charge in [0.25, 0.3) is 11.8 Å². The molecule has 0 atom stereocenters. The van der Waals surface area contributed by atoms with E-state index in [1.54, 1.807) is 25.1 Å². The number of nitrogens with one attached hydrogen (secondary N) is 1. The highest BCUT2D eigenvalue weighted by molar-refractivity contribution is 6.39. The van der Waals surface area contributed by atoms with Gasteiger partial charge in [-0.1, -0.05) is 11.6 Å². The minimum absolute atomic E-state index is 0.148. The summed E-state index contributed by atoms with van der Waals surface area (Å²) in [7, 11) is 1.45. The lowest BCUT2D eigenvalue weighted by atomic mass is 10.1. The number of anilines is 1. The first kappa shape index (κ1) is 25.9. The molecule has 2 aromatic carbocycles. The Morgan fingerprint density at radius 2 is 1.74 bits per heavy atom. The Morgan fingerprint density at radius 3 is 2.37 bits per heavy atom. The molecule has 0 aliphatic carbocycles. The van der Waals surface area contributed by atoms with Gasteiger partial charge in [-0.05, 0) is 63.6 Å². The Bertz CT molecular complexity index is 1180. The fourth-order valence-corrected chi connectivity index (χ4v) is 3.69. The third-order valence-corrected chi connectivity index (χ3v) is 5.08. The first-order chi connectivity index (χ1) is 16.7. The van der Waals surface area contributed by atoms with Crippen LogP contribution in [0.1, 0.15) is 33.3 Å². The monoisotopic (exact) mass is 502 g/mol. The van der Waals surface area contributed by atoms with Crippen LogP contribution < -0.4 is 29.2 Å². The van der Waals surface area contributed by atoms with Gasteiger partial charge in [-0.3, -0.25) is 14.9 Å². The van der Waals surface area contributed by atoms with E-state index >= 15 is 0 Å². The molecular formula is C25H27ClN2O7. The van der Waals surface area contributed by atoms with Crippen molar-refractivity contribution in [3.8, 4) is 23.0 Å². The van der Waals surface area contributed by atoms with E-state index in [2.05, 4.69) is 5.32 Å². The van der Waals surface area contributed by atoms with E-state index in [0.717, 1.165) is 4.90 Å². The maximum absolute atomic E-state index is 13.4. The van der Waals surface area contributed by atoms with Crippen LogP contribution in [-0.4, -0.2) is 44.3 Å². The fourth-order valence-electron chi connectivity index (χ4n) is 3.42. The molecule has 1 heterocycles. The van der Waals surface area contributed by atoms with Crippen LogP contribution in [0.2, 0.25) is 5.02 Å². The summed E-state index contributed by atoms with van der Waals surface area (Å²) in [5.74, 6) is -0.271. The molecule has 2 aromatic rings. The number of amides is 4. The van der Waals surface area contributed by atoms with E-state index in [1.165, 1.54) is 25.3 Å². The first-order valence-electron chi connectivity index (χ1n) is 11.0. The molecule has 0 radical (unpaired) electrons. The third kappa shape index (κ3) is 5.68. The van der Waals surface area contributed by atoms with Crippen LogP contribution in [0, 0.1) is 0 Å². The quantitative estimate of drug-likeness (QED) is 0.395. The van der Waals surface area contributed by atoms with Crippen molar-refractivity contribution in [2.75, 3.05) is 25.2 Å². The van der Waals surface area contributed by atoms with Crippen molar-refractivity contribution in [2.24, 2.45) is 0 Å². The highest BCUT2D eigenvalue weighted by atomic mass is 35.5. The van der Waals surface area contributed by atoms with Gasteiger partial charge in [0.15, 0.2) is 11.5 Å². The van der Waals surface area contributed by atoms with Gasteiger partial charge in [0.05, 0.1) is 37.1 Å². The normalized spacial score (nSPS) is 14.9. The van der Waals surface area contributed by atoms with Crippen LogP contribution in [0.15, 0.2) is 35.9 Å². The molecule has 1 saturated heterocycles. The van der Waals surface area contributed by atoms with Crippen molar-refractivity contribution in [3.63, 3.8) is 0 Å². The third-order valence-electron chi connectivity index (χ3n) is 4.80. The number of rotatable bonds is 9. The molecule has 1 N–H and O–H groups in total. The van der Waals surface area contributed by atoms with Crippen LogP contribution in [0.25, 0.3) is 6.08 Å². The van der Waals surface area contributed by atoms with Gasteiger partial charge in [-0.25, -0.2) is 9.69 Å². The zero-order valence-corrected chi connectivity index (χ0v) is 20.9. The summed E-state index contributed by atoms with van der Waals surface area (Å²) in [5.41, 5.74) is 0.281. The average molecular weight is 503 g/mol. The fraction of sp³-hybridized carbons (Fsp3) is 0.320. The van der Waals surface area contributed by atoms with Gasteiger partial charge in [-0.2, -0.15) is 0 Å². The van der Waals surface area contributed by atoms with Gasteiger partial charge >= 0.3 is 6.03 Å². The number of carbonyl (C=O) groups is 3. The smallest absolute Gasteiger partial charge is 0.336 e. The molecule has 3 rings (SSSR count). The Morgan fingerprint density at radius 1 is 1.03 bits per heavy atom. The van der Waals surface area contributed by atoms with Crippen molar-refractivity contribution in [2.45, 2.75) is 33.8 Å². The number of imide groups is 2. The van der Waals surface area contributed by atoms with Crippen LogP contribution in [0.5, 0.6) is 23.0 Å². The molecule has 0 aromatic heterocycles. The van der Waals surface area contributed by atoms with Gasteiger partial charge in [0.1, 0.15) is 17.1 Å². The number of benzene rings is 2. The lowest BCUT2D eigenvalue weighted by Crippen LogP contribution is -2.54. The Kier molecular flexibility index (Phi) is 8.24. The lowest BCUT2D eigenvalue weighted by Gasteiger charge is -2.28. The maximum atomic E-state index is 13.4. The second kappa shape index (κ2) is 11.1. The summed E-state index contributed by atoms with van der Waals surface area (Å²) in [5, 5.41) is 2.44. The maximum Gasteiger partial charge on any atom is 0.336 e. The number of ether oxygens (including phenoxy) is 4. The number of urea groups is 1. The number of methoxy groups -OCH3 is 1. The molecule has 9 nitrogen and oxygen atoms in total. The van der Waals surface area contributed by atoms with Crippen molar-refractivity contribution >= 4 is 41.2 Å². The number of barbiturate groups is 1. The molecule has 0 spiro atoms. The predicted molar refractivity (Wildman–Crippen MR) is 132 cm³/mol. The second-order valence-corrected chi connectivity index (χ2v) is 8.06. The minimum atomic E-state index is -0.900. The van der Waals surface area contributed by atoms with E-state index in [9.17, 15) is 14.4 Å². The molecular weight excluding hydrogens is 476 g/mol. The van der Waals surface area contributed by atoms with E-state index < -0.39 is 17.8 Å². The number of nitrogens with zero attached hydrogens (tertiary/aromatic N) is 1. The van der Waals surface area contributed by atoms with Crippen LogP contribution >= 0.6 is 11.6 Å². The van der Waals surface area contributed by atoms with E-state index in [4.69, 9.17) is 30.5 Å². The first-order valence-corrected chi connectivity index (χ1v) is 11.4. The molecule has 0 saturated carbocycles. The SMILES string of the molecule is CCOc1ccc(OCC)c(N2C(=O)NC(=O)/C(=C\c3cc(Cl)c(OC(C)C)c(OC)c3)C2=O)c1. The van der Waals surface area contributed by atoms with Crippen LogP contribution in [0.3, 0.4) is 0 Å². The molecule has 1 aliphatic heterocycles. The zero-order valence-electron chi connectivity index (χ0n) is 20.1. The molecule has 1 aliphatic rings. The molecule has 10 heteroatoms. The number of hydrogen-bond acceptors (Lipinski definition) is 7. The summed E-state index contributed by atoms with van der Waals surface area (Å²) < 4.78 is 22.2. The molecule has 186 valence electrons. The predicted octanol–water partition coefficient (Wildman–Crippen LogP) is 4.60. The van der Waals surface area contributed by atoms with E-state index in [1.807, 2.05) is 20.8 Å². The van der Waals surface area contributed by atoms with Gasteiger partial charge in [0.2, 0.25) is 0 Å². The molecule has 0 unspecified atom stereocenters.